The molecule has 1 aliphatic heterocycles. The van der Waals surface area contributed by atoms with Gasteiger partial charge in [0, 0.05) is 30.3 Å². The van der Waals surface area contributed by atoms with Gasteiger partial charge in [-0.05, 0) is 30.5 Å². The normalized spacial score (nSPS) is 26.9. The highest BCUT2D eigenvalue weighted by atomic mass is 79.9. The number of aromatic nitrogens is 1. The molecule has 88 valence electrons. The molecule has 1 aromatic heterocycles. The first-order valence-corrected chi connectivity index (χ1v) is 6.91. The highest BCUT2D eigenvalue weighted by molar-refractivity contribution is 9.09. The number of piperidine rings is 1. The Labute approximate surface area is 110 Å². The van der Waals surface area contributed by atoms with Gasteiger partial charge in [0.25, 0.3) is 0 Å². The maximum atomic E-state index is 6.11. The van der Waals surface area contributed by atoms with Crippen molar-refractivity contribution in [2.24, 2.45) is 5.92 Å². The zero-order valence-electron chi connectivity index (χ0n) is 9.37. The lowest BCUT2D eigenvalue weighted by Crippen LogP contribution is -2.39. The second-order valence-corrected chi connectivity index (χ2v) is 6.07. The van der Waals surface area contributed by atoms with Crippen LogP contribution in [0.2, 0.25) is 5.02 Å². The van der Waals surface area contributed by atoms with Crippen molar-refractivity contribution in [2.75, 3.05) is 13.1 Å². The summed E-state index contributed by atoms with van der Waals surface area (Å²) in [5.41, 5.74) is 1.17. The van der Waals surface area contributed by atoms with E-state index in [1.807, 2.05) is 6.07 Å². The predicted molar refractivity (Wildman–Crippen MR) is 71.0 cm³/mol. The van der Waals surface area contributed by atoms with Gasteiger partial charge in [0.2, 0.25) is 0 Å². The van der Waals surface area contributed by atoms with Gasteiger partial charge in [0.1, 0.15) is 0 Å². The van der Waals surface area contributed by atoms with E-state index in [-0.39, 0.29) is 0 Å². The lowest BCUT2D eigenvalue weighted by Gasteiger charge is -2.34. The Hall–Kier alpha value is -0.120. The smallest absolute Gasteiger partial charge is 0.0634 e. The van der Waals surface area contributed by atoms with E-state index in [4.69, 9.17) is 11.6 Å². The first-order chi connectivity index (χ1) is 7.66. The molecule has 1 fully saturated rings. The molecule has 2 unspecified atom stereocenters. The van der Waals surface area contributed by atoms with E-state index in [0.717, 1.165) is 30.6 Å². The van der Waals surface area contributed by atoms with Crippen LogP contribution in [-0.2, 0) is 6.54 Å². The number of alkyl halides is 1. The van der Waals surface area contributed by atoms with E-state index in [1.54, 1.807) is 12.4 Å². The van der Waals surface area contributed by atoms with Crippen molar-refractivity contribution in [3.8, 4) is 0 Å². The van der Waals surface area contributed by atoms with E-state index < -0.39 is 0 Å². The molecule has 0 aliphatic carbocycles. The monoisotopic (exact) mass is 302 g/mol. The molecule has 0 amide bonds. The molecular weight excluding hydrogens is 288 g/mol. The minimum Gasteiger partial charge on any atom is -0.298 e. The largest absolute Gasteiger partial charge is 0.298 e. The summed E-state index contributed by atoms with van der Waals surface area (Å²) >= 11 is 9.85. The SMILES string of the molecule is CC1CCN(Cc2ccncc2Cl)CC1Br. The Morgan fingerprint density at radius 3 is 3.12 bits per heavy atom. The standard InChI is InChI=1S/C12H16BrClN2/c1-9-3-5-16(8-11(9)13)7-10-2-4-15-6-12(10)14/h2,4,6,9,11H,3,5,7-8H2,1H3. The number of nitrogens with zero attached hydrogens (tertiary/aromatic N) is 2. The van der Waals surface area contributed by atoms with Crippen LogP contribution in [0.5, 0.6) is 0 Å². The lowest BCUT2D eigenvalue weighted by molar-refractivity contribution is 0.194. The van der Waals surface area contributed by atoms with Crippen molar-refractivity contribution in [3.05, 3.63) is 29.0 Å². The van der Waals surface area contributed by atoms with Crippen LogP contribution in [0.4, 0.5) is 0 Å². The fourth-order valence-corrected chi connectivity index (χ4v) is 2.85. The van der Waals surface area contributed by atoms with Gasteiger partial charge >= 0.3 is 0 Å². The molecule has 0 aromatic carbocycles. The van der Waals surface area contributed by atoms with Gasteiger partial charge in [0.05, 0.1) is 5.02 Å². The fourth-order valence-electron chi connectivity index (χ4n) is 2.00. The van der Waals surface area contributed by atoms with Crippen LogP contribution in [0.1, 0.15) is 18.9 Å². The Morgan fingerprint density at radius 1 is 1.62 bits per heavy atom. The van der Waals surface area contributed by atoms with Crippen molar-refractivity contribution in [1.29, 1.82) is 0 Å². The third-order valence-electron chi connectivity index (χ3n) is 3.20. The van der Waals surface area contributed by atoms with Crippen LogP contribution in [0.15, 0.2) is 18.5 Å². The second-order valence-electron chi connectivity index (χ2n) is 4.48. The van der Waals surface area contributed by atoms with Crippen LogP contribution in [0, 0.1) is 5.92 Å². The molecule has 16 heavy (non-hydrogen) atoms. The minimum absolute atomic E-state index is 0.599. The van der Waals surface area contributed by atoms with Crippen LogP contribution in [0.25, 0.3) is 0 Å². The number of hydrogen-bond acceptors (Lipinski definition) is 2. The number of likely N-dealkylation sites (tertiary alicyclic amines) is 1. The summed E-state index contributed by atoms with van der Waals surface area (Å²) in [5, 5.41) is 0.771. The first-order valence-electron chi connectivity index (χ1n) is 5.61. The molecule has 0 radical (unpaired) electrons. The summed E-state index contributed by atoms with van der Waals surface area (Å²) in [5.74, 6) is 0.768. The molecule has 2 heterocycles. The highest BCUT2D eigenvalue weighted by Gasteiger charge is 2.24. The van der Waals surface area contributed by atoms with Gasteiger partial charge in [-0.1, -0.05) is 34.5 Å². The van der Waals surface area contributed by atoms with E-state index in [9.17, 15) is 0 Å². The molecule has 2 atom stereocenters. The maximum Gasteiger partial charge on any atom is 0.0634 e. The van der Waals surface area contributed by atoms with Crippen LogP contribution in [0.3, 0.4) is 0 Å². The molecule has 0 saturated carbocycles. The molecule has 2 nitrogen and oxygen atoms in total. The molecule has 0 N–H and O–H groups in total. The van der Waals surface area contributed by atoms with Crippen LogP contribution in [-0.4, -0.2) is 27.8 Å². The van der Waals surface area contributed by atoms with E-state index in [2.05, 4.69) is 32.7 Å². The first kappa shape index (κ1) is 12.3. The Bertz CT molecular complexity index is 359. The summed E-state index contributed by atoms with van der Waals surface area (Å²) in [4.78, 5) is 7.05. The van der Waals surface area contributed by atoms with Crippen molar-refractivity contribution < 1.29 is 0 Å². The van der Waals surface area contributed by atoms with Gasteiger partial charge in [-0.2, -0.15) is 0 Å². The van der Waals surface area contributed by atoms with Gasteiger partial charge in [-0.3, -0.25) is 9.88 Å². The summed E-state index contributed by atoms with van der Waals surface area (Å²) in [6.45, 7) is 5.48. The second kappa shape index (κ2) is 5.48. The number of rotatable bonds is 2. The topological polar surface area (TPSA) is 16.1 Å². The minimum atomic E-state index is 0.599. The van der Waals surface area contributed by atoms with Crippen LogP contribution >= 0.6 is 27.5 Å². The van der Waals surface area contributed by atoms with Crippen LogP contribution < -0.4 is 0 Å². The summed E-state index contributed by atoms with van der Waals surface area (Å²) in [7, 11) is 0. The fraction of sp³-hybridized carbons (Fsp3) is 0.583. The maximum absolute atomic E-state index is 6.11. The van der Waals surface area contributed by atoms with Crippen molar-refractivity contribution >= 4 is 27.5 Å². The summed E-state index contributed by atoms with van der Waals surface area (Å²) in [6.07, 6.45) is 4.77. The lowest BCUT2D eigenvalue weighted by atomic mass is 9.99. The summed E-state index contributed by atoms with van der Waals surface area (Å²) < 4.78 is 0. The molecule has 0 bridgehead atoms. The number of hydrogen-bond donors (Lipinski definition) is 0. The van der Waals surface area contributed by atoms with Crippen molar-refractivity contribution in [2.45, 2.75) is 24.7 Å². The average molecular weight is 304 g/mol. The van der Waals surface area contributed by atoms with E-state index in [0.29, 0.717) is 4.83 Å². The molecule has 2 rings (SSSR count). The van der Waals surface area contributed by atoms with Crippen molar-refractivity contribution in [3.63, 3.8) is 0 Å². The average Bonchev–Trinajstić information content (AvgIpc) is 2.27. The molecule has 1 aliphatic rings. The number of pyridine rings is 1. The summed E-state index contributed by atoms with van der Waals surface area (Å²) in [6, 6.07) is 2.00. The highest BCUT2D eigenvalue weighted by Crippen LogP contribution is 2.25. The quantitative estimate of drug-likeness (QED) is 0.779. The predicted octanol–water partition coefficient (Wildman–Crippen LogP) is 3.34. The Balaban J connectivity index is 1.98. The zero-order valence-corrected chi connectivity index (χ0v) is 11.7. The van der Waals surface area contributed by atoms with Crippen molar-refractivity contribution in [1.82, 2.24) is 9.88 Å². The third kappa shape index (κ3) is 2.96. The Morgan fingerprint density at radius 2 is 2.44 bits per heavy atom. The molecule has 1 saturated heterocycles. The van der Waals surface area contributed by atoms with Gasteiger partial charge in [0.15, 0.2) is 0 Å². The molecule has 1 aromatic rings. The van der Waals surface area contributed by atoms with Gasteiger partial charge in [-0.25, -0.2) is 0 Å². The third-order valence-corrected chi connectivity index (χ3v) is 4.73. The molecule has 0 spiro atoms. The van der Waals surface area contributed by atoms with E-state index >= 15 is 0 Å². The Kier molecular flexibility index (Phi) is 4.22. The molecular formula is C12H16BrClN2. The van der Waals surface area contributed by atoms with Gasteiger partial charge in [-0.15, -0.1) is 0 Å². The van der Waals surface area contributed by atoms with Gasteiger partial charge < -0.3 is 0 Å². The van der Waals surface area contributed by atoms with E-state index in [1.165, 1.54) is 12.0 Å². The number of halogens is 2. The zero-order chi connectivity index (χ0) is 11.5. The molecule has 4 heteroatoms.